The molecule has 2 aromatic rings. The van der Waals surface area contributed by atoms with Crippen LogP contribution in [-0.2, 0) is 16.1 Å². The van der Waals surface area contributed by atoms with E-state index in [0.717, 1.165) is 25.9 Å². The van der Waals surface area contributed by atoms with Crippen LogP contribution in [0.25, 0.3) is 0 Å². The predicted octanol–water partition coefficient (Wildman–Crippen LogP) is 5.07. The van der Waals surface area contributed by atoms with E-state index in [-0.39, 0.29) is 6.10 Å². The Morgan fingerprint density at radius 1 is 0.857 bits per heavy atom. The Balaban J connectivity index is 1.22. The molecule has 1 saturated carbocycles. The molecule has 4 rings (SSSR count). The number of benzene rings is 2. The summed E-state index contributed by atoms with van der Waals surface area (Å²) >= 11 is 0. The lowest BCUT2D eigenvalue weighted by molar-refractivity contribution is -0.0264. The van der Waals surface area contributed by atoms with Gasteiger partial charge in [0.25, 0.3) is 0 Å². The molecular formula is C25H33NO2. The minimum Gasteiger partial charge on any atom is -0.376 e. The van der Waals surface area contributed by atoms with E-state index in [0.29, 0.717) is 30.7 Å². The Hall–Kier alpha value is -1.68. The molecule has 150 valence electrons. The molecule has 0 amide bonds. The maximum absolute atomic E-state index is 6.34. The van der Waals surface area contributed by atoms with Gasteiger partial charge in [0.2, 0.25) is 0 Å². The smallest absolute Gasteiger partial charge is 0.0769 e. The first kappa shape index (κ1) is 19.6. The molecule has 0 aromatic heterocycles. The van der Waals surface area contributed by atoms with Crippen LogP contribution in [0.3, 0.4) is 0 Å². The zero-order chi connectivity index (χ0) is 19.2. The van der Waals surface area contributed by atoms with E-state index in [1.54, 1.807) is 0 Å². The summed E-state index contributed by atoms with van der Waals surface area (Å²) in [6.45, 7) is 3.67. The van der Waals surface area contributed by atoms with Gasteiger partial charge < -0.3 is 14.8 Å². The summed E-state index contributed by atoms with van der Waals surface area (Å²) in [6, 6.07) is 22.2. The van der Waals surface area contributed by atoms with Gasteiger partial charge >= 0.3 is 0 Å². The van der Waals surface area contributed by atoms with Crippen molar-refractivity contribution in [3.63, 3.8) is 0 Å². The highest BCUT2D eigenvalue weighted by molar-refractivity contribution is 5.20. The van der Waals surface area contributed by atoms with Gasteiger partial charge in [0.05, 0.1) is 31.5 Å². The molecule has 2 aromatic carbocycles. The predicted molar refractivity (Wildman–Crippen MR) is 113 cm³/mol. The zero-order valence-corrected chi connectivity index (χ0v) is 16.9. The Labute approximate surface area is 169 Å². The summed E-state index contributed by atoms with van der Waals surface area (Å²) in [4.78, 5) is 0. The summed E-state index contributed by atoms with van der Waals surface area (Å²) in [7, 11) is 0. The van der Waals surface area contributed by atoms with Gasteiger partial charge in [0, 0.05) is 6.04 Å². The summed E-state index contributed by atoms with van der Waals surface area (Å²) in [6.07, 6.45) is 6.48. The fraction of sp³-hybridized carbons (Fsp3) is 0.520. The minimum absolute atomic E-state index is 0.232. The van der Waals surface area contributed by atoms with Crippen molar-refractivity contribution in [3.8, 4) is 0 Å². The molecule has 1 aliphatic carbocycles. The van der Waals surface area contributed by atoms with Crippen LogP contribution in [0.4, 0.5) is 0 Å². The van der Waals surface area contributed by atoms with Crippen molar-refractivity contribution in [2.24, 2.45) is 0 Å². The van der Waals surface area contributed by atoms with Gasteiger partial charge in [-0.1, -0.05) is 60.7 Å². The first-order chi connectivity index (χ1) is 13.8. The molecule has 2 fully saturated rings. The second kappa shape index (κ2) is 9.69. The van der Waals surface area contributed by atoms with Crippen LogP contribution in [0.2, 0.25) is 0 Å². The van der Waals surface area contributed by atoms with Crippen LogP contribution < -0.4 is 5.32 Å². The Morgan fingerprint density at radius 2 is 1.54 bits per heavy atom. The second-order valence-corrected chi connectivity index (χ2v) is 8.46. The van der Waals surface area contributed by atoms with Crippen LogP contribution in [0, 0.1) is 0 Å². The van der Waals surface area contributed by atoms with Crippen molar-refractivity contribution in [2.75, 3.05) is 6.61 Å². The normalized spacial score (nSPS) is 30.4. The summed E-state index contributed by atoms with van der Waals surface area (Å²) < 4.78 is 12.6. The van der Waals surface area contributed by atoms with Crippen molar-refractivity contribution in [1.82, 2.24) is 5.32 Å². The van der Waals surface area contributed by atoms with Gasteiger partial charge in [-0.15, -0.1) is 0 Å². The quantitative estimate of drug-likeness (QED) is 0.729. The lowest BCUT2D eigenvalue weighted by Gasteiger charge is -2.30. The molecule has 3 atom stereocenters. The Kier molecular flexibility index (Phi) is 6.79. The van der Waals surface area contributed by atoms with E-state index in [9.17, 15) is 0 Å². The van der Waals surface area contributed by atoms with E-state index in [1.807, 2.05) is 6.07 Å². The SMILES string of the molecule is CC1CC(OCc2ccccc2)C(COC2CCC(c3ccccc3)CC2)N1. The molecule has 3 unspecified atom stereocenters. The van der Waals surface area contributed by atoms with Crippen LogP contribution in [0.5, 0.6) is 0 Å². The van der Waals surface area contributed by atoms with E-state index < -0.39 is 0 Å². The highest BCUT2D eigenvalue weighted by Gasteiger charge is 2.33. The third-order valence-corrected chi connectivity index (χ3v) is 6.30. The van der Waals surface area contributed by atoms with Crippen molar-refractivity contribution in [3.05, 3.63) is 71.8 Å². The highest BCUT2D eigenvalue weighted by atomic mass is 16.5. The molecule has 0 bridgehead atoms. The maximum atomic E-state index is 6.34. The van der Waals surface area contributed by atoms with E-state index >= 15 is 0 Å². The zero-order valence-electron chi connectivity index (χ0n) is 16.9. The van der Waals surface area contributed by atoms with E-state index in [4.69, 9.17) is 9.47 Å². The van der Waals surface area contributed by atoms with Gasteiger partial charge in [0.1, 0.15) is 0 Å². The number of hydrogen-bond acceptors (Lipinski definition) is 3. The monoisotopic (exact) mass is 379 g/mol. The van der Waals surface area contributed by atoms with Crippen LogP contribution >= 0.6 is 0 Å². The van der Waals surface area contributed by atoms with Gasteiger partial charge in [-0.25, -0.2) is 0 Å². The Morgan fingerprint density at radius 3 is 2.25 bits per heavy atom. The second-order valence-electron chi connectivity index (χ2n) is 8.46. The molecule has 28 heavy (non-hydrogen) atoms. The van der Waals surface area contributed by atoms with E-state index in [1.165, 1.54) is 24.0 Å². The van der Waals surface area contributed by atoms with Gasteiger partial charge in [-0.05, 0) is 56.1 Å². The molecule has 2 aliphatic rings. The number of hydrogen-bond donors (Lipinski definition) is 1. The van der Waals surface area contributed by atoms with Gasteiger partial charge in [-0.3, -0.25) is 0 Å². The third kappa shape index (κ3) is 5.22. The van der Waals surface area contributed by atoms with Gasteiger partial charge in [0.15, 0.2) is 0 Å². The summed E-state index contributed by atoms with van der Waals surface area (Å²) in [5.41, 5.74) is 2.72. The molecule has 3 nitrogen and oxygen atoms in total. The van der Waals surface area contributed by atoms with Crippen LogP contribution in [0.15, 0.2) is 60.7 Å². The summed E-state index contributed by atoms with van der Waals surface area (Å²) in [5.74, 6) is 0.702. The fourth-order valence-electron chi connectivity index (χ4n) is 4.70. The first-order valence-corrected chi connectivity index (χ1v) is 10.9. The molecule has 3 heteroatoms. The Bertz CT molecular complexity index is 697. The average molecular weight is 380 g/mol. The molecule has 0 spiro atoms. The van der Waals surface area contributed by atoms with Crippen molar-refractivity contribution in [1.29, 1.82) is 0 Å². The molecule has 1 saturated heterocycles. The molecule has 1 heterocycles. The highest BCUT2D eigenvalue weighted by Crippen LogP contribution is 2.34. The van der Waals surface area contributed by atoms with Crippen molar-refractivity contribution >= 4 is 0 Å². The number of ether oxygens (including phenoxy) is 2. The van der Waals surface area contributed by atoms with Crippen molar-refractivity contribution < 1.29 is 9.47 Å². The van der Waals surface area contributed by atoms with Gasteiger partial charge in [-0.2, -0.15) is 0 Å². The lowest BCUT2D eigenvalue weighted by Crippen LogP contribution is -2.39. The largest absolute Gasteiger partial charge is 0.376 e. The van der Waals surface area contributed by atoms with E-state index in [2.05, 4.69) is 66.8 Å². The lowest BCUT2D eigenvalue weighted by atomic mass is 9.83. The maximum Gasteiger partial charge on any atom is 0.0769 e. The number of nitrogens with one attached hydrogen (secondary N) is 1. The van der Waals surface area contributed by atoms with Crippen LogP contribution in [0.1, 0.15) is 56.1 Å². The third-order valence-electron chi connectivity index (χ3n) is 6.30. The molecular weight excluding hydrogens is 346 g/mol. The standard InChI is InChI=1S/C25H33NO2/c1-19-16-25(28-17-20-8-4-2-5-9-20)24(26-19)18-27-23-14-12-22(13-15-23)21-10-6-3-7-11-21/h2-11,19,22-26H,12-18H2,1H3. The molecule has 0 radical (unpaired) electrons. The molecule has 1 N–H and O–H groups in total. The minimum atomic E-state index is 0.232. The number of rotatable bonds is 7. The average Bonchev–Trinajstić information content (AvgIpc) is 3.12. The molecule has 1 aliphatic heterocycles. The first-order valence-electron chi connectivity index (χ1n) is 10.9. The summed E-state index contributed by atoms with van der Waals surface area (Å²) in [5, 5.41) is 3.66. The topological polar surface area (TPSA) is 30.5 Å². The fourth-order valence-corrected chi connectivity index (χ4v) is 4.70. The van der Waals surface area contributed by atoms with Crippen LogP contribution in [-0.4, -0.2) is 30.9 Å². The van der Waals surface area contributed by atoms with Crippen molar-refractivity contribution in [2.45, 2.75) is 75.8 Å².